The Morgan fingerprint density at radius 1 is 1.02 bits per heavy atom. The van der Waals surface area contributed by atoms with E-state index in [9.17, 15) is 28.2 Å². The van der Waals surface area contributed by atoms with E-state index in [2.05, 4.69) is 0 Å². The van der Waals surface area contributed by atoms with E-state index in [1.807, 2.05) is 31.0 Å². The summed E-state index contributed by atoms with van der Waals surface area (Å²) < 4.78 is 35.5. The third kappa shape index (κ3) is 7.07. The zero-order chi connectivity index (χ0) is 31.5. The molecule has 0 fully saturated rings. The number of aliphatic hydroxyl groups excluding tert-OH is 1. The summed E-state index contributed by atoms with van der Waals surface area (Å²) in [5.41, 5.74) is 2.93. The second-order valence-electron chi connectivity index (χ2n) is 11.3. The zero-order valence-corrected chi connectivity index (χ0v) is 25.9. The summed E-state index contributed by atoms with van der Waals surface area (Å²) in [6.45, 7) is 4.12. The number of carbonyl (C=O) groups is 2. The number of hydrogen-bond donors (Lipinski definition) is 2. The molecule has 0 bridgehead atoms. The molecule has 0 aliphatic carbocycles. The average Bonchev–Trinajstić information content (AvgIpc) is 2.98. The van der Waals surface area contributed by atoms with E-state index in [1.165, 1.54) is 15.3 Å². The normalized spacial score (nSPS) is 19.0. The molecule has 0 saturated heterocycles. The van der Waals surface area contributed by atoms with Crippen LogP contribution in [0.2, 0.25) is 0 Å². The summed E-state index contributed by atoms with van der Waals surface area (Å²) in [7, 11) is 1.23. The van der Waals surface area contributed by atoms with Gasteiger partial charge >= 0.3 is 5.97 Å². The van der Waals surface area contributed by atoms with E-state index in [0.717, 1.165) is 11.1 Å². The molecule has 1 heterocycles. The van der Waals surface area contributed by atoms with Gasteiger partial charge in [-0.2, -0.15) is 4.31 Å². The standard InChI is InChI=1S/C32H39N3O7S/c1-21-17-35(22(2)20-36)43(40,41)30-15-14-25(23-10-12-24(13-11-23)31(37)33(3)4)16-28(30)42-29(21)19-34(5)18-26-8-6-7-9-27(26)32(38)39/h6-16,21-22,29,36H,17-20H2,1-5H3,(H,38,39)/t21-,22+,29+/m0/s1. The number of carbonyl (C=O) groups excluding carboxylic acids is 1. The Labute approximate surface area is 253 Å². The highest BCUT2D eigenvalue weighted by Crippen LogP contribution is 2.36. The summed E-state index contributed by atoms with van der Waals surface area (Å²) in [6.07, 6.45) is -0.458. The van der Waals surface area contributed by atoms with Crippen molar-refractivity contribution in [2.45, 2.75) is 37.4 Å². The van der Waals surface area contributed by atoms with Crippen molar-refractivity contribution in [3.05, 3.63) is 83.4 Å². The van der Waals surface area contributed by atoms with Crippen molar-refractivity contribution in [3.8, 4) is 16.9 Å². The predicted molar refractivity (Wildman–Crippen MR) is 164 cm³/mol. The number of nitrogens with zero attached hydrogens (tertiary/aromatic N) is 3. The fourth-order valence-electron chi connectivity index (χ4n) is 5.22. The molecule has 1 aliphatic rings. The van der Waals surface area contributed by atoms with E-state index in [4.69, 9.17) is 4.74 Å². The number of carboxylic acid groups (broad SMARTS) is 1. The topological polar surface area (TPSA) is 128 Å². The third-order valence-electron chi connectivity index (χ3n) is 7.72. The molecule has 10 nitrogen and oxygen atoms in total. The zero-order valence-electron chi connectivity index (χ0n) is 25.1. The molecule has 0 saturated carbocycles. The van der Waals surface area contributed by atoms with E-state index in [0.29, 0.717) is 24.2 Å². The molecular weight excluding hydrogens is 570 g/mol. The molecule has 0 unspecified atom stereocenters. The number of fused-ring (bicyclic) bond motifs is 1. The number of aromatic carboxylic acids is 1. The van der Waals surface area contributed by atoms with Crippen LogP contribution in [0.15, 0.2) is 71.6 Å². The number of benzene rings is 3. The number of amides is 1. The SMILES string of the molecule is C[C@H](CO)N1C[C@H](C)[C@@H](CN(C)Cc2ccccc2C(=O)O)Oc2cc(-c3ccc(C(=O)N(C)C)cc3)ccc2S1(=O)=O. The Kier molecular flexibility index (Phi) is 9.91. The van der Waals surface area contributed by atoms with Crippen LogP contribution in [-0.4, -0.2) is 97.6 Å². The molecule has 3 atom stereocenters. The highest BCUT2D eigenvalue weighted by Gasteiger charge is 2.38. The Balaban J connectivity index is 1.71. The van der Waals surface area contributed by atoms with E-state index in [1.54, 1.807) is 69.6 Å². The van der Waals surface area contributed by atoms with Crippen LogP contribution in [-0.2, 0) is 16.6 Å². The van der Waals surface area contributed by atoms with Crippen LogP contribution < -0.4 is 4.74 Å². The molecule has 3 aromatic rings. The van der Waals surface area contributed by atoms with Crippen molar-refractivity contribution in [2.75, 3.05) is 40.8 Å². The van der Waals surface area contributed by atoms with Crippen LogP contribution in [0.4, 0.5) is 0 Å². The fourth-order valence-corrected chi connectivity index (χ4v) is 7.04. The van der Waals surface area contributed by atoms with Crippen molar-refractivity contribution in [1.29, 1.82) is 0 Å². The lowest BCUT2D eigenvalue weighted by Gasteiger charge is -2.37. The van der Waals surface area contributed by atoms with Gasteiger partial charge in [-0.3, -0.25) is 9.69 Å². The number of sulfonamides is 1. The Hall–Kier alpha value is -3.77. The Morgan fingerprint density at radius 3 is 2.30 bits per heavy atom. The van der Waals surface area contributed by atoms with Gasteiger partial charge in [0.05, 0.1) is 12.2 Å². The molecule has 0 spiro atoms. The van der Waals surface area contributed by atoms with Crippen molar-refractivity contribution in [2.24, 2.45) is 5.92 Å². The summed E-state index contributed by atoms with van der Waals surface area (Å²) in [4.78, 5) is 27.5. The molecule has 4 rings (SSSR count). The van der Waals surface area contributed by atoms with Gasteiger partial charge in [-0.1, -0.05) is 43.3 Å². The maximum Gasteiger partial charge on any atom is 0.336 e. The molecule has 0 radical (unpaired) electrons. The van der Waals surface area contributed by atoms with Crippen molar-refractivity contribution < 1.29 is 33.0 Å². The van der Waals surface area contributed by atoms with Crippen LogP contribution in [0.3, 0.4) is 0 Å². The minimum Gasteiger partial charge on any atom is -0.487 e. The molecular formula is C32H39N3O7S. The maximum atomic E-state index is 13.9. The monoisotopic (exact) mass is 609 g/mol. The van der Waals surface area contributed by atoms with Crippen molar-refractivity contribution in [1.82, 2.24) is 14.1 Å². The summed E-state index contributed by atoms with van der Waals surface area (Å²) >= 11 is 0. The van der Waals surface area contributed by atoms with Gasteiger partial charge in [0.2, 0.25) is 10.0 Å². The predicted octanol–water partition coefficient (Wildman–Crippen LogP) is 3.65. The number of rotatable bonds is 9. The van der Waals surface area contributed by atoms with Gasteiger partial charge in [0.15, 0.2) is 0 Å². The highest BCUT2D eigenvalue weighted by atomic mass is 32.2. The Bertz CT molecular complexity index is 1570. The largest absolute Gasteiger partial charge is 0.487 e. The third-order valence-corrected chi connectivity index (χ3v) is 9.74. The Morgan fingerprint density at radius 2 is 1.67 bits per heavy atom. The quantitative estimate of drug-likeness (QED) is 0.377. The molecule has 230 valence electrons. The lowest BCUT2D eigenvalue weighted by atomic mass is 10.0. The van der Waals surface area contributed by atoms with Gasteiger partial charge in [0.1, 0.15) is 16.7 Å². The van der Waals surface area contributed by atoms with Crippen molar-refractivity contribution >= 4 is 21.9 Å². The van der Waals surface area contributed by atoms with Gasteiger partial charge in [0.25, 0.3) is 5.91 Å². The molecule has 11 heteroatoms. The van der Waals surface area contributed by atoms with Gasteiger partial charge in [-0.25, -0.2) is 13.2 Å². The van der Waals surface area contributed by atoms with Crippen LogP contribution in [0.1, 0.15) is 40.1 Å². The first-order valence-electron chi connectivity index (χ1n) is 14.1. The number of ether oxygens (including phenoxy) is 1. The lowest BCUT2D eigenvalue weighted by molar-refractivity contribution is 0.0686. The lowest BCUT2D eigenvalue weighted by Crippen LogP contribution is -2.49. The number of hydrogen-bond acceptors (Lipinski definition) is 7. The van der Waals surface area contributed by atoms with Crippen LogP contribution in [0.5, 0.6) is 5.75 Å². The maximum absolute atomic E-state index is 13.9. The fraction of sp³-hybridized carbons (Fsp3) is 0.375. The highest BCUT2D eigenvalue weighted by molar-refractivity contribution is 7.89. The van der Waals surface area contributed by atoms with Gasteiger partial charge in [-0.05, 0) is 61.0 Å². The summed E-state index contributed by atoms with van der Waals surface area (Å²) in [5.74, 6) is -1.20. The van der Waals surface area contributed by atoms with E-state index in [-0.39, 0.29) is 41.2 Å². The average molecular weight is 610 g/mol. The van der Waals surface area contributed by atoms with Crippen LogP contribution in [0.25, 0.3) is 11.1 Å². The van der Waals surface area contributed by atoms with Gasteiger partial charge in [-0.15, -0.1) is 0 Å². The molecule has 1 amide bonds. The second-order valence-corrected chi connectivity index (χ2v) is 13.2. The second kappa shape index (κ2) is 13.3. The number of aliphatic hydroxyl groups is 1. The smallest absolute Gasteiger partial charge is 0.336 e. The van der Waals surface area contributed by atoms with Crippen molar-refractivity contribution in [3.63, 3.8) is 0 Å². The molecule has 3 aromatic carbocycles. The van der Waals surface area contributed by atoms with Crippen LogP contribution in [0, 0.1) is 5.92 Å². The minimum atomic E-state index is -4.01. The first-order chi connectivity index (χ1) is 20.3. The summed E-state index contributed by atoms with van der Waals surface area (Å²) in [6, 6.07) is 18.2. The van der Waals surface area contributed by atoms with E-state index < -0.39 is 28.1 Å². The number of likely N-dealkylation sites (N-methyl/N-ethyl adjacent to an activating group) is 1. The molecule has 1 aliphatic heterocycles. The first kappa shape index (κ1) is 32.2. The van der Waals surface area contributed by atoms with Gasteiger partial charge in [0, 0.05) is 51.3 Å². The molecule has 0 aromatic heterocycles. The minimum absolute atomic E-state index is 0.00623. The molecule has 2 N–H and O–H groups in total. The van der Waals surface area contributed by atoms with E-state index >= 15 is 0 Å². The number of carboxylic acids is 1. The van der Waals surface area contributed by atoms with Crippen LogP contribution >= 0.6 is 0 Å². The molecule has 43 heavy (non-hydrogen) atoms. The summed E-state index contributed by atoms with van der Waals surface area (Å²) in [5, 5.41) is 19.5. The van der Waals surface area contributed by atoms with Gasteiger partial charge < -0.3 is 19.8 Å². The first-order valence-corrected chi connectivity index (χ1v) is 15.5.